The second kappa shape index (κ2) is 5.06. The van der Waals surface area contributed by atoms with Crippen LogP contribution in [-0.4, -0.2) is 19.8 Å². The summed E-state index contributed by atoms with van der Waals surface area (Å²) < 4.78 is 4.99. The molecule has 8 heavy (non-hydrogen) atoms. The van der Waals surface area contributed by atoms with Crippen LogP contribution in [0.5, 0.6) is 0 Å². The fraction of sp³-hybridized carbons (Fsp3) is 1.00. The molecule has 0 rings (SSSR count). The first-order chi connectivity index (χ1) is 3.81. The van der Waals surface area contributed by atoms with Crippen molar-refractivity contribution in [1.29, 1.82) is 0 Å². The molecule has 1 unspecified atom stereocenters. The highest BCUT2D eigenvalue weighted by atomic mass is 16.5. The monoisotopic (exact) mass is 117 g/mol. The van der Waals surface area contributed by atoms with E-state index < -0.39 is 0 Å². The maximum Gasteiger partial charge on any atom is 0.0869 e. The van der Waals surface area contributed by atoms with Gasteiger partial charge in [-0.3, -0.25) is 0 Å². The summed E-state index contributed by atoms with van der Waals surface area (Å²) >= 11 is 0. The first kappa shape index (κ1) is 7.92. The Labute approximate surface area is 50.5 Å². The fourth-order valence-electron chi connectivity index (χ4n) is 0.367. The van der Waals surface area contributed by atoms with Gasteiger partial charge in [0.15, 0.2) is 0 Å². The Morgan fingerprint density at radius 3 is 2.62 bits per heavy atom. The molecule has 0 heterocycles. The third kappa shape index (κ3) is 4.09. The molecule has 0 aliphatic heterocycles. The van der Waals surface area contributed by atoms with E-state index in [9.17, 15) is 5.11 Å². The van der Waals surface area contributed by atoms with E-state index in [1.54, 1.807) is 0 Å². The fourth-order valence-corrected chi connectivity index (χ4v) is 0.367. The molecule has 0 fully saturated rings. The van der Waals surface area contributed by atoms with Crippen LogP contribution in [0.1, 0.15) is 13.8 Å². The van der Waals surface area contributed by atoms with Crippen LogP contribution in [-0.2, 0) is 9.84 Å². The smallest absolute Gasteiger partial charge is 0.0869 e. The zero-order valence-electron chi connectivity index (χ0n) is 5.52. The van der Waals surface area contributed by atoms with Crippen molar-refractivity contribution in [2.24, 2.45) is 5.92 Å². The van der Waals surface area contributed by atoms with Gasteiger partial charge in [-0.2, -0.15) is 0 Å². The molecule has 0 aliphatic carbocycles. The van der Waals surface area contributed by atoms with Crippen LogP contribution in [0, 0.1) is 5.92 Å². The minimum atomic E-state index is -0.0278. The predicted octanol–water partition coefficient (Wildman–Crippen LogP) is 1.09. The van der Waals surface area contributed by atoms with E-state index in [4.69, 9.17) is 4.74 Å². The van der Waals surface area contributed by atoms with Crippen LogP contribution in [0.25, 0.3) is 0 Å². The van der Waals surface area contributed by atoms with Gasteiger partial charge in [0.25, 0.3) is 0 Å². The van der Waals surface area contributed by atoms with Gasteiger partial charge in [0.05, 0.1) is 13.2 Å². The highest BCUT2D eigenvalue weighted by Crippen LogP contribution is 1.92. The van der Waals surface area contributed by atoms with Crippen LogP contribution in [0.15, 0.2) is 0 Å². The number of ether oxygens (including phenoxy) is 1. The zero-order valence-corrected chi connectivity index (χ0v) is 5.52. The van der Waals surface area contributed by atoms with Crippen LogP contribution in [0.2, 0.25) is 0 Å². The Balaban J connectivity index is 2.86. The molecular weight excluding hydrogens is 104 g/mol. The van der Waals surface area contributed by atoms with Crippen molar-refractivity contribution >= 4 is 0 Å². The lowest BCUT2D eigenvalue weighted by Gasteiger charge is -2.04. The first-order valence-electron chi connectivity index (χ1n) is 2.97. The standard InChI is InChI=1S/C6H13O2/c1-3-8-5-6(2)4-7/h6H,3-5H2,1-2H3. The van der Waals surface area contributed by atoms with Gasteiger partial charge in [0.2, 0.25) is 0 Å². The average molecular weight is 117 g/mol. The number of rotatable bonds is 4. The van der Waals surface area contributed by atoms with Crippen LogP contribution >= 0.6 is 0 Å². The van der Waals surface area contributed by atoms with Crippen molar-refractivity contribution in [2.75, 3.05) is 19.8 Å². The van der Waals surface area contributed by atoms with Crippen molar-refractivity contribution in [1.82, 2.24) is 0 Å². The van der Waals surface area contributed by atoms with Crippen LogP contribution in [0.3, 0.4) is 0 Å². The molecule has 0 amide bonds. The lowest BCUT2D eigenvalue weighted by atomic mass is 10.2. The summed E-state index contributed by atoms with van der Waals surface area (Å²) in [5.74, 6) is 0.176. The van der Waals surface area contributed by atoms with E-state index >= 15 is 0 Å². The summed E-state index contributed by atoms with van der Waals surface area (Å²) in [6, 6.07) is 0. The van der Waals surface area contributed by atoms with Gasteiger partial charge >= 0.3 is 0 Å². The SMILES string of the molecule is CCOCC(C)C[O]. The lowest BCUT2D eigenvalue weighted by Crippen LogP contribution is -2.08. The Morgan fingerprint density at radius 2 is 2.25 bits per heavy atom. The Morgan fingerprint density at radius 1 is 1.62 bits per heavy atom. The molecule has 0 aromatic rings. The van der Waals surface area contributed by atoms with E-state index in [0.29, 0.717) is 13.2 Å². The molecule has 1 atom stereocenters. The summed E-state index contributed by atoms with van der Waals surface area (Å²) in [7, 11) is 0. The van der Waals surface area contributed by atoms with Gasteiger partial charge in [-0.15, -0.1) is 0 Å². The largest absolute Gasteiger partial charge is 0.381 e. The van der Waals surface area contributed by atoms with Gasteiger partial charge in [-0.1, -0.05) is 6.92 Å². The molecule has 0 spiro atoms. The number of hydrogen-bond acceptors (Lipinski definition) is 1. The van der Waals surface area contributed by atoms with Gasteiger partial charge < -0.3 is 4.74 Å². The van der Waals surface area contributed by atoms with Crippen molar-refractivity contribution in [2.45, 2.75) is 13.8 Å². The molecule has 49 valence electrons. The van der Waals surface area contributed by atoms with Gasteiger partial charge in [0.1, 0.15) is 0 Å². The van der Waals surface area contributed by atoms with Gasteiger partial charge in [0, 0.05) is 12.5 Å². The Bertz CT molecular complexity index is 45.8. The van der Waals surface area contributed by atoms with E-state index in [2.05, 4.69) is 0 Å². The van der Waals surface area contributed by atoms with E-state index in [1.807, 2.05) is 13.8 Å². The summed E-state index contributed by atoms with van der Waals surface area (Å²) in [6.45, 7) is 5.12. The summed E-state index contributed by atoms with van der Waals surface area (Å²) in [6.07, 6.45) is 0. The second-order valence-electron chi connectivity index (χ2n) is 1.93. The van der Waals surface area contributed by atoms with Gasteiger partial charge in [-0.05, 0) is 6.92 Å². The molecule has 0 aliphatic rings. The van der Waals surface area contributed by atoms with Crippen molar-refractivity contribution in [3.63, 3.8) is 0 Å². The summed E-state index contributed by atoms with van der Waals surface area (Å²) in [4.78, 5) is 0. The quantitative estimate of drug-likeness (QED) is 0.542. The van der Waals surface area contributed by atoms with Crippen LogP contribution in [0.4, 0.5) is 0 Å². The second-order valence-corrected chi connectivity index (χ2v) is 1.93. The van der Waals surface area contributed by atoms with Crippen molar-refractivity contribution in [3.8, 4) is 0 Å². The third-order valence-electron chi connectivity index (χ3n) is 0.891. The van der Waals surface area contributed by atoms with E-state index in [1.165, 1.54) is 0 Å². The molecule has 0 aromatic carbocycles. The van der Waals surface area contributed by atoms with Crippen LogP contribution < -0.4 is 0 Å². The Kier molecular flexibility index (Phi) is 5.01. The lowest BCUT2D eigenvalue weighted by molar-refractivity contribution is 0.0654. The predicted molar refractivity (Wildman–Crippen MR) is 31.2 cm³/mol. The summed E-state index contributed by atoms with van der Waals surface area (Å²) in [5, 5.41) is 10.1. The minimum absolute atomic E-state index is 0.0278. The molecule has 0 saturated heterocycles. The molecule has 0 N–H and O–H groups in total. The summed E-state index contributed by atoms with van der Waals surface area (Å²) in [5.41, 5.74) is 0. The molecule has 1 radical (unpaired) electrons. The van der Waals surface area contributed by atoms with Crippen molar-refractivity contribution in [3.05, 3.63) is 0 Å². The highest BCUT2D eigenvalue weighted by molar-refractivity contribution is 4.44. The normalized spacial score (nSPS) is 13.9. The topological polar surface area (TPSA) is 29.1 Å². The molecule has 0 bridgehead atoms. The maximum absolute atomic E-state index is 10.1. The molecule has 0 aromatic heterocycles. The number of hydrogen-bond donors (Lipinski definition) is 0. The molecule has 2 heteroatoms. The zero-order chi connectivity index (χ0) is 6.41. The maximum atomic E-state index is 10.1. The Hall–Kier alpha value is -0.0800. The average Bonchev–Trinajstić information content (AvgIpc) is 1.83. The minimum Gasteiger partial charge on any atom is -0.381 e. The van der Waals surface area contributed by atoms with E-state index in [-0.39, 0.29) is 12.5 Å². The molecule has 2 nitrogen and oxygen atoms in total. The third-order valence-corrected chi connectivity index (χ3v) is 0.891. The van der Waals surface area contributed by atoms with Gasteiger partial charge in [-0.25, -0.2) is 5.11 Å². The van der Waals surface area contributed by atoms with Crippen molar-refractivity contribution < 1.29 is 9.84 Å². The molecule has 0 saturated carbocycles. The first-order valence-corrected chi connectivity index (χ1v) is 2.97. The van der Waals surface area contributed by atoms with E-state index in [0.717, 1.165) is 0 Å². The highest BCUT2D eigenvalue weighted by Gasteiger charge is 1.97. The molecular formula is C6H13O2.